The van der Waals surface area contributed by atoms with Crippen LogP contribution in [0.25, 0.3) is 0 Å². The van der Waals surface area contributed by atoms with Gasteiger partial charge in [0.05, 0.1) is 6.04 Å². The first-order valence-electron chi connectivity index (χ1n) is 11.7. The molecule has 0 fully saturated rings. The molecule has 1 rings (SSSR count). The van der Waals surface area contributed by atoms with Gasteiger partial charge < -0.3 is 10.8 Å². The van der Waals surface area contributed by atoms with Gasteiger partial charge in [0.1, 0.15) is 5.75 Å². The molecule has 0 aromatic heterocycles. The Kier molecular flexibility index (Phi) is 18.2. The maximum Gasteiger partial charge on any atom is 0.154 e. The maximum atomic E-state index is 12.2. The fraction of sp³-hybridized carbons (Fsp3) is 0.720. The molecule has 1 atom stereocenters. The Morgan fingerprint density at radius 3 is 1.55 bits per heavy atom. The van der Waals surface area contributed by atoms with Crippen molar-refractivity contribution >= 4 is 18.2 Å². The number of aromatic hydroxyl groups is 1. The number of nitrogens with two attached hydrogens (primary N) is 1. The summed E-state index contributed by atoms with van der Waals surface area (Å²) in [6, 6.07) is 6.05. The van der Waals surface area contributed by atoms with Gasteiger partial charge in [0.15, 0.2) is 5.78 Å². The first-order valence-corrected chi connectivity index (χ1v) is 11.7. The summed E-state index contributed by atoms with van der Waals surface area (Å²) in [6.07, 6.45) is 20.4. The first kappa shape index (κ1) is 27.9. The fourth-order valence-corrected chi connectivity index (χ4v) is 3.69. The van der Waals surface area contributed by atoms with E-state index in [4.69, 9.17) is 5.73 Å². The van der Waals surface area contributed by atoms with Gasteiger partial charge in [-0.25, -0.2) is 0 Å². The fourth-order valence-electron chi connectivity index (χ4n) is 3.69. The molecule has 0 heterocycles. The number of rotatable bonds is 18. The Morgan fingerprint density at radius 2 is 1.14 bits per heavy atom. The highest BCUT2D eigenvalue weighted by atomic mass is 35.5. The van der Waals surface area contributed by atoms with Crippen LogP contribution in [0.5, 0.6) is 5.75 Å². The van der Waals surface area contributed by atoms with E-state index in [9.17, 15) is 9.90 Å². The van der Waals surface area contributed by atoms with Gasteiger partial charge in [-0.3, -0.25) is 4.79 Å². The van der Waals surface area contributed by atoms with Crippen molar-refractivity contribution in [2.45, 2.75) is 116 Å². The summed E-state index contributed by atoms with van der Waals surface area (Å²) in [6.45, 7) is 2.27. The van der Waals surface area contributed by atoms with Crippen LogP contribution in [0, 0.1) is 0 Å². The molecule has 0 spiro atoms. The largest absolute Gasteiger partial charge is 0.508 e. The number of ketones is 1. The summed E-state index contributed by atoms with van der Waals surface area (Å²) in [4.78, 5) is 12.2. The number of hydrogen-bond donors (Lipinski definition) is 2. The van der Waals surface area contributed by atoms with Crippen LogP contribution in [0.4, 0.5) is 0 Å². The smallest absolute Gasteiger partial charge is 0.154 e. The Balaban J connectivity index is 0.00000784. The normalized spacial score (nSPS) is 11.8. The number of phenolic OH excluding ortho intramolecular Hbond substituents is 1. The molecule has 0 aliphatic heterocycles. The Bertz CT molecular complexity index is 504. The molecule has 0 amide bonds. The molecule has 0 saturated heterocycles. The van der Waals surface area contributed by atoms with Gasteiger partial charge in [-0.2, -0.15) is 0 Å². The van der Waals surface area contributed by atoms with E-state index in [1.807, 2.05) is 0 Å². The second kappa shape index (κ2) is 18.9. The summed E-state index contributed by atoms with van der Waals surface area (Å²) in [7, 11) is 0. The number of halogens is 1. The van der Waals surface area contributed by atoms with Gasteiger partial charge in [-0.15, -0.1) is 12.4 Å². The summed E-state index contributed by atoms with van der Waals surface area (Å²) < 4.78 is 0. The number of carbonyl (C=O) groups excluding carboxylic acids is 1. The van der Waals surface area contributed by atoms with E-state index in [0.29, 0.717) is 6.42 Å². The van der Waals surface area contributed by atoms with Crippen molar-refractivity contribution in [3.05, 3.63) is 29.8 Å². The van der Waals surface area contributed by atoms with Gasteiger partial charge >= 0.3 is 0 Å². The molecule has 0 aliphatic carbocycles. The highest BCUT2D eigenvalue weighted by Gasteiger charge is 2.14. The van der Waals surface area contributed by atoms with Crippen molar-refractivity contribution in [1.29, 1.82) is 0 Å². The Labute approximate surface area is 185 Å². The number of Topliss-reactive ketones (excluding diaryl/α,β-unsaturated/α-hetero) is 1. The lowest BCUT2D eigenvalue weighted by atomic mass is 9.98. The third kappa shape index (κ3) is 14.5. The second-order valence-corrected chi connectivity index (χ2v) is 8.24. The van der Waals surface area contributed by atoms with E-state index in [-0.39, 0.29) is 23.9 Å². The van der Waals surface area contributed by atoms with Crippen LogP contribution in [0.2, 0.25) is 0 Å². The van der Waals surface area contributed by atoms with Crippen molar-refractivity contribution in [2.75, 3.05) is 0 Å². The van der Waals surface area contributed by atoms with Crippen molar-refractivity contribution < 1.29 is 9.90 Å². The van der Waals surface area contributed by atoms with Crippen LogP contribution in [0.1, 0.15) is 121 Å². The Morgan fingerprint density at radius 1 is 0.759 bits per heavy atom. The number of hydrogen-bond acceptors (Lipinski definition) is 3. The van der Waals surface area contributed by atoms with E-state index >= 15 is 0 Å². The average Bonchev–Trinajstić information content (AvgIpc) is 2.70. The summed E-state index contributed by atoms with van der Waals surface area (Å²) in [5.74, 6) is 0.297. The van der Waals surface area contributed by atoms with E-state index < -0.39 is 6.04 Å². The molecule has 3 nitrogen and oxygen atoms in total. The minimum absolute atomic E-state index is 0. The lowest BCUT2D eigenvalue weighted by molar-refractivity contribution is -0.120. The molecule has 4 heteroatoms. The molecule has 1 aromatic carbocycles. The van der Waals surface area contributed by atoms with Crippen molar-refractivity contribution in [3.63, 3.8) is 0 Å². The standard InChI is InChI=1S/C25H43NO2.ClH/c1-2-3-4-5-6-7-8-9-10-11-12-13-14-15-16-17-24(28)25(26)22-18-20-23(27)21-19-22;/h18-21,25,27H,2-17,26H2,1H3;1H. The van der Waals surface area contributed by atoms with Crippen LogP contribution >= 0.6 is 12.4 Å². The molecule has 0 radical (unpaired) electrons. The van der Waals surface area contributed by atoms with Crippen LogP contribution in [0.3, 0.4) is 0 Å². The lowest BCUT2D eigenvalue weighted by Gasteiger charge is -2.11. The summed E-state index contributed by atoms with van der Waals surface area (Å²) in [5, 5.41) is 9.30. The highest BCUT2D eigenvalue weighted by molar-refractivity contribution is 5.85. The average molecular weight is 426 g/mol. The minimum Gasteiger partial charge on any atom is -0.508 e. The Hall–Kier alpha value is -1.06. The van der Waals surface area contributed by atoms with Gasteiger partial charge in [0, 0.05) is 6.42 Å². The molecule has 1 unspecified atom stereocenters. The molecule has 1 aromatic rings. The van der Waals surface area contributed by atoms with Crippen LogP contribution < -0.4 is 5.73 Å². The molecule has 0 saturated carbocycles. The summed E-state index contributed by atoms with van der Waals surface area (Å²) >= 11 is 0. The van der Waals surface area contributed by atoms with E-state index in [0.717, 1.165) is 18.4 Å². The van der Waals surface area contributed by atoms with Gasteiger partial charge in [0.25, 0.3) is 0 Å². The topological polar surface area (TPSA) is 63.3 Å². The number of unbranched alkanes of at least 4 members (excludes halogenated alkanes) is 14. The van der Waals surface area contributed by atoms with Crippen molar-refractivity contribution in [2.24, 2.45) is 5.73 Å². The van der Waals surface area contributed by atoms with Crippen molar-refractivity contribution in [3.8, 4) is 5.75 Å². The van der Waals surface area contributed by atoms with E-state index in [1.165, 1.54) is 83.5 Å². The van der Waals surface area contributed by atoms with Gasteiger partial charge in [-0.05, 0) is 24.1 Å². The van der Waals surface area contributed by atoms with Crippen LogP contribution in [0.15, 0.2) is 24.3 Å². The van der Waals surface area contributed by atoms with Gasteiger partial charge in [0.2, 0.25) is 0 Å². The molecular formula is C25H44ClNO2. The van der Waals surface area contributed by atoms with Crippen LogP contribution in [-0.4, -0.2) is 10.9 Å². The molecule has 168 valence electrons. The lowest BCUT2D eigenvalue weighted by Crippen LogP contribution is -2.21. The molecule has 29 heavy (non-hydrogen) atoms. The molecule has 3 N–H and O–H groups in total. The SMILES string of the molecule is CCCCCCCCCCCCCCCCCC(=O)C(N)c1ccc(O)cc1.Cl. The maximum absolute atomic E-state index is 12.2. The number of benzene rings is 1. The van der Waals surface area contributed by atoms with Crippen LogP contribution in [-0.2, 0) is 4.79 Å². The van der Waals surface area contributed by atoms with Crippen molar-refractivity contribution in [1.82, 2.24) is 0 Å². The monoisotopic (exact) mass is 425 g/mol. The third-order valence-corrected chi connectivity index (χ3v) is 5.63. The third-order valence-electron chi connectivity index (χ3n) is 5.63. The molecule has 0 aliphatic rings. The first-order chi connectivity index (χ1) is 13.6. The van der Waals surface area contributed by atoms with E-state index in [2.05, 4.69) is 6.92 Å². The minimum atomic E-state index is -0.563. The van der Waals surface area contributed by atoms with E-state index in [1.54, 1.807) is 24.3 Å². The van der Waals surface area contributed by atoms with Gasteiger partial charge in [-0.1, -0.05) is 109 Å². The predicted molar refractivity (Wildman–Crippen MR) is 127 cm³/mol. The number of carbonyl (C=O) groups is 1. The zero-order valence-electron chi connectivity index (χ0n) is 18.5. The number of phenols is 1. The zero-order valence-corrected chi connectivity index (χ0v) is 19.4. The molecular weight excluding hydrogens is 382 g/mol. The predicted octanol–water partition coefficient (Wildman–Crippen LogP) is 7.64. The second-order valence-electron chi connectivity index (χ2n) is 8.24. The quantitative estimate of drug-likeness (QED) is 0.237. The molecule has 0 bridgehead atoms. The summed E-state index contributed by atoms with van der Waals surface area (Å²) in [5.41, 5.74) is 6.80. The highest BCUT2D eigenvalue weighted by Crippen LogP contribution is 2.18. The zero-order chi connectivity index (χ0) is 20.5.